The Morgan fingerprint density at radius 1 is 1.57 bits per heavy atom. The first-order chi connectivity index (χ1) is 6.76. The third-order valence-electron chi connectivity index (χ3n) is 1.51. The standard InChI is InChI=1S/C8H14N4OS/c1-10-6-5-7(12-8(9)11-6)14-4-3-13-2/h5H,3-4H2,1-2H3,(H3,9,10,11,12). The van der Waals surface area contributed by atoms with E-state index in [2.05, 4.69) is 15.3 Å². The summed E-state index contributed by atoms with van der Waals surface area (Å²) in [7, 11) is 3.47. The van der Waals surface area contributed by atoms with Gasteiger partial charge in [0.05, 0.1) is 6.61 Å². The molecule has 0 saturated heterocycles. The van der Waals surface area contributed by atoms with Gasteiger partial charge >= 0.3 is 0 Å². The van der Waals surface area contributed by atoms with Gasteiger partial charge < -0.3 is 15.8 Å². The second kappa shape index (κ2) is 5.66. The summed E-state index contributed by atoms with van der Waals surface area (Å²) < 4.78 is 4.94. The van der Waals surface area contributed by atoms with Crippen LogP contribution < -0.4 is 11.1 Å². The quantitative estimate of drug-likeness (QED) is 0.430. The highest BCUT2D eigenvalue weighted by Gasteiger charge is 2.01. The van der Waals surface area contributed by atoms with Crippen molar-refractivity contribution in [2.45, 2.75) is 5.03 Å². The maximum absolute atomic E-state index is 5.53. The minimum atomic E-state index is 0.289. The molecule has 1 heterocycles. The molecule has 0 aromatic carbocycles. The van der Waals surface area contributed by atoms with Crippen molar-refractivity contribution in [2.24, 2.45) is 0 Å². The number of ether oxygens (including phenoxy) is 1. The zero-order valence-electron chi connectivity index (χ0n) is 8.28. The number of nitrogens with zero attached hydrogens (tertiary/aromatic N) is 2. The molecule has 14 heavy (non-hydrogen) atoms. The van der Waals surface area contributed by atoms with Crippen molar-refractivity contribution < 1.29 is 4.74 Å². The number of thioether (sulfide) groups is 1. The van der Waals surface area contributed by atoms with Gasteiger partial charge in [-0.05, 0) is 0 Å². The number of aromatic nitrogens is 2. The largest absolute Gasteiger partial charge is 0.384 e. The van der Waals surface area contributed by atoms with Crippen LogP contribution in [0.5, 0.6) is 0 Å². The number of nitrogens with one attached hydrogen (secondary N) is 1. The highest BCUT2D eigenvalue weighted by atomic mass is 32.2. The number of nitrogens with two attached hydrogens (primary N) is 1. The summed E-state index contributed by atoms with van der Waals surface area (Å²) in [5, 5.41) is 3.78. The van der Waals surface area contributed by atoms with Gasteiger partial charge in [-0.1, -0.05) is 0 Å². The minimum absolute atomic E-state index is 0.289. The van der Waals surface area contributed by atoms with Crippen LogP contribution in [-0.4, -0.2) is 36.5 Å². The Morgan fingerprint density at radius 3 is 3.00 bits per heavy atom. The fourth-order valence-corrected chi connectivity index (χ4v) is 1.69. The normalized spacial score (nSPS) is 10.1. The van der Waals surface area contributed by atoms with E-state index in [0.717, 1.165) is 16.6 Å². The number of anilines is 2. The summed E-state index contributed by atoms with van der Waals surface area (Å²) in [4.78, 5) is 8.08. The monoisotopic (exact) mass is 214 g/mol. The van der Waals surface area contributed by atoms with Gasteiger partial charge in [-0.3, -0.25) is 0 Å². The van der Waals surface area contributed by atoms with Crippen LogP contribution in [0, 0.1) is 0 Å². The molecule has 0 aliphatic carbocycles. The van der Waals surface area contributed by atoms with E-state index in [4.69, 9.17) is 10.5 Å². The third kappa shape index (κ3) is 3.39. The van der Waals surface area contributed by atoms with Gasteiger partial charge in [0.25, 0.3) is 0 Å². The van der Waals surface area contributed by atoms with Crippen LogP contribution in [0.3, 0.4) is 0 Å². The van der Waals surface area contributed by atoms with Crippen LogP contribution in [0.25, 0.3) is 0 Å². The Bertz CT molecular complexity index is 295. The maximum Gasteiger partial charge on any atom is 0.223 e. The van der Waals surface area contributed by atoms with E-state index in [9.17, 15) is 0 Å². The first-order valence-corrected chi connectivity index (χ1v) is 5.19. The number of hydrogen-bond acceptors (Lipinski definition) is 6. The SMILES string of the molecule is CNc1cc(SCCOC)nc(N)n1. The Morgan fingerprint density at radius 2 is 2.36 bits per heavy atom. The van der Waals surface area contributed by atoms with Crippen LogP contribution >= 0.6 is 11.8 Å². The Hall–Kier alpha value is -1.01. The molecule has 1 aromatic rings. The third-order valence-corrected chi connectivity index (χ3v) is 2.39. The van der Waals surface area contributed by atoms with Crippen LogP contribution in [-0.2, 0) is 4.74 Å². The lowest BCUT2D eigenvalue weighted by Gasteiger charge is -2.04. The molecule has 3 N–H and O–H groups in total. The molecule has 0 aliphatic heterocycles. The molecule has 0 unspecified atom stereocenters. The van der Waals surface area contributed by atoms with Gasteiger partial charge in [0.1, 0.15) is 10.8 Å². The van der Waals surface area contributed by atoms with Crippen molar-refractivity contribution in [3.8, 4) is 0 Å². The summed E-state index contributed by atoms with van der Waals surface area (Å²) in [5.74, 6) is 1.88. The zero-order valence-corrected chi connectivity index (χ0v) is 9.10. The van der Waals surface area contributed by atoms with Gasteiger partial charge in [0.15, 0.2) is 0 Å². The van der Waals surface area contributed by atoms with Crippen molar-refractivity contribution in [1.29, 1.82) is 0 Å². The van der Waals surface area contributed by atoms with Crippen molar-refractivity contribution in [1.82, 2.24) is 9.97 Å². The molecule has 0 spiro atoms. The first kappa shape index (κ1) is 11.1. The molecular weight excluding hydrogens is 200 g/mol. The predicted octanol–water partition coefficient (Wildman–Crippen LogP) is 0.839. The maximum atomic E-state index is 5.53. The summed E-state index contributed by atoms with van der Waals surface area (Å²) >= 11 is 1.59. The van der Waals surface area contributed by atoms with Crippen LogP contribution in [0.15, 0.2) is 11.1 Å². The summed E-state index contributed by atoms with van der Waals surface area (Å²) in [5.41, 5.74) is 5.53. The topological polar surface area (TPSA) is 73.1 Å². The molecule has 5 nitrogen and oxygen atoms in total. The van der Waals surface area contributed by atoms with Gasteiger partial charge in [0.2, 0.25) is 5.95 Å². The van der Waals surface area contributed by atoms with Gasteiger partial charge in [-0.15, -0.1) is 11.8 Å². The van der Waals surface area contributed by atoms with Gasteiger partial charge in [-0.25, -0.2) is 4.98 Å². The average molecular weight is 214 g/mol. The molecule has 1 aromatic heterocycles. The smallest absolute Gasteiger partial charge is 0.223 e. The fourth-order valence-electron chi connectivity index (χ4n) is 0.874. The van der Waals surface area contributed by atoms with Crippen molar-refractivity contribution in [3.63, 3.8) is 0 Å². The van der Waals surface area contributed by atoms with Crippen molar-refractivity contribution >= 4 is 23.5 Å². The highest BCUT2D eigenvalue weighted by Crippen LogP contribution is 2.18. The molecule has 1 rings (SSSR count). The lowest BCUT2D eigenvalue weighted by Crippen LogP contribution is -2.01. The Kier molecular flexibility index (Phi) is 4.48. The van der Waals surface area contributed by atoms with E-state index in [-0.39, 0.29) is 5.95 Å². The Balaban J connectivity index is 2.62. The second-order valence-corrected chi connectivity index (χ2v) is 3.66. The van der Waals surface area contributed by atoms with Gasteiger partial charge in [-0.2, -0.15) is 4.98 Å². The van der Waals surface area contributed by atoms with Crippen molar-refractivity contribution in [3.05, 3.63) is 6.07 Å². The second-order valence-electron chi connectivity index (χ2n) is 2.54. The number of nitrogen functional groups attached to an aromatic ring is 1. The van der Waals surface area contributed by atoms with E-state index in [1.54, 1.807) is 25.9 Å². The highest BCUT2D eigenvalue weighted by molar-refractivity contribution is 7.99. The minimum Gasteiger partial charge on any atom is -0.384 e. The first-order valence-electron chi connectivity index (χ1n) is 4.20. The molecule has 0 saturated carbocycles. The van der Waals surface area contributed by atoms with E-state index in [0.29, 0.717) is 6.61 Å². The molecule has 78 valence electrons. The molecule has 6 heteroatoms. The lowest BCUT2D eigenvalue weighted by molar-refractivity contribution is 0.218. The summed E-state index contributed by atoms with van der Waals surface area (Å²) in [6.45, 7) is 0.698. The molecule has 0 radical (unpaired) electrons. The van der Waals surface area contributed by atoms with Gasteiger partial charge in [0, 0.05) is 26.0 Å². The Labute approximate surface area is 87.5 Å². The lowest BCUT2D eigenvalue weighted by atomic mass is 10.6. The predicted molar refractivity (Wildman–Crippen MR) is 58.6 cm³/mol. The number of methoxy groups -OCH3 is 1. The fraction of sp³-hybridized carbons (Fsp3) is 0.500. The summed E-state index contributed by atoms with van der Waals surface area (Å²) in [6, 6.07) is 1.86. The molecule has 0 fully saturated rings. The van der Waals surface area contributed by atoms with Crippen LogP contribution in [0.1, 0.15) is 0 Å². The van der Waals surface area contributed by atoms with Crippen LogP contribution in [0.4, 0.5) is 11.8 Å². The molecule has 0 amide bonds. The van der Waals surface area contributed by atoms with E-state index < -0.39 is 0 Å². The zero-order chi connectivity index (χ0) is 10.4. The molecule has 0 bridgehead atoms. The van der Waals surface area contributed by atoms with E-state index in [1.165, 1.54) is 0 Å². The average Bonchev–Trinajstić information content (AvgIpc) is 2.17. The molecular formula is C8H14N4OS. The molecule has 0 aliphatic rings. The van der Waals surface area contributed by atoms with Crippen LogP contribution in [0.2, 0.25) is 0 Å². The van der Waals surface area contributed by atoms with E-state index in [1.807, 2.05) is 6.07 Å². The summed E-state index contributed by atoms with van der Waals surface area (Å²) in [6.07, 6.45) is 0. The molecule has 0 atom stereocenters. The van der Waals surface area contributed by atoms with E-state index >= 15 is 0 Å². The number of rotatable bonds is 5. The van der Waals surface area contributed by atoms with Crippen molar-refractivity contribution in [2.75, 3.05) is 37.6 Å². The number of hydrogen-bond donors (Lipinski definition) is 2.